The maximum atomic E-state index is 12.4. The number of carbonyl (C=O) groups is 1. The van der Waals surface area contributed by atoms with Gasteiger partial charge in [-0.05, 0) is 35.4 Å². The molecule has 3 aromatic carbocycles. The summed E-state index contributed by atoms with van der Waals surface area (Å²) >= 11 is 0. The lowest BCUT2D eigenvalue weighted by atomic mass is 10.0. The van der Waals surface area contributed by atoms with E-state index in [1.165, 1.54) is 0 Å². The Hall–Kier alpha value is -3.93. The zero-order valence-electron chi connectivity index (χ0n) is 14.3. The van der Waals surface area contributed by atoms with Crippen LogP contribution in [0.2, 0.25) is 0 Å². The second-order valence-electron chi connectivity index (χ2n) is 5.92. The lowest BCUT2D eigenvalue weighted by Gasteiger charge is -2.03. The number of nitrogens with two attached hydrogens (primary N) is 1. The van der Waals surface area contributed by atoms with Crippen molar-refractivity contribution in [2.75, 3.05) is 0 Å². The number of amides is 1. The summed E-state index contributed by atoms with van der Waals surface area (Å²) < 4.78 is 5.52. The van der Waals surface area contributed by atoms with Crippen LogP contribution in [0, 0.1) is 0 Å². The predicted molar refractivity (Wildman–Crippen MR) is 103 cm³/mol. The number of aromatic nitrogens is 1. The molecule has 0 saturated carbocycles. The number of carbonyl (C=O) groups excluding carboxylic acids is 1. The Kier molecular flexibility index (Phi) is 4.37. The molecule has 0 unspecified atom stereocenters. The van der Waals surface area contributed by atoms with Crippen LogP contribution in [-0.4, -0.2) is 16.9 Å². The van der Waals surface area contributed by atoms with Crippen molar-refractivity contribution in [2.24, 2.45) is 5.73 Å². The van der Waals surface area contributed by atoms with Crippen LogP contribution in [0.25, 0.3) is 22.2 Å². The summed E-state index contributed by atoms with van der Waals surface area (Å²) in [5, 5.41) is 2.59. The lowest BCUT2D eigenvalue weighted by molar-refractivity contribution is -0.381. The number of fused-ring (bicyclic) bond motifs is 1. The van der Waals surface area contributed by atoms with Gasteiger partial charge < -0.3 is 10.2 Å². The van der Waals surface area contributed by atoms with Gasteiger partial charge in [0.2, 0.25) is 0 Å². The quantitative estimate of drug-likeness (QED) is 0.386. The molecular weight excluding hydrogens is 340 g/mol. The van der Waals surface area contributed by atoms with Crippen molar-refractivity contribution < 1.29 is 14.2 Å². The molecule has 27 heavy (non-hydrogen) atoms. The van der Waals surface area contributed by atoms with Crippen LogP contribution >= 0.6 is 0 Å². The number of nitrogens with zero attached hydrogens (tertiary/aromatic N) is 1. The molecule has 132 valence electrons. The molecule has 0 spiro atoms. The fourth-order valence-electron chi connectivity index (χ4n) is 2.71. The molecule has 4 rings (SSSR count). The molecule has 0 bridgehead atoms. The van der Waals surface area contributed by atoms with Crippen molar-refractivity contribution in [3.8, 4) is 11.1 Å². The van der Waals surface area contributed by atoms with E-state index in [2.05, 4.69) is 15.3 Å². The third-order valence-electron chi connectivity index (χ3n) is 4.04. The summed E-state index contributed by atoms with van der Waals surface area (Å²) in [7, 11) is 0. The summed E-state index contributed by atoms with van der Waals surface area (Å²) in [5.74, 6) is -0.283. The zero-order valence-corrected chi connectivity index (χ0v) is 14.3. The van der Waals surface area contributed by atoms with E-state index in [1.54, 1.807) is 18.2 Å². The Labute approximate surface area is 155 Å². The van der Waals surface area contributed by atoms with Crippen LogP contribution in [0.3, 0.4) is 0 Å². The van der Waals surface area contributed by atoms with Gasteiger partial charge in [0, 0.05) is 0 Å². The topological polar surface area (TPSA) is 95.1 Å². The Bertz CT molecular complexity index is 1080. The minimum Gasteiger partial charge on any atom is -0.404 e. The van der Waals surface area contributed by atoms with Crippen molar-refractivity contribution in [2.45, 2.75) is 0 Å². The second kappa shape index (κ2) is 7.13. The smallest absolute Gasteiger partial charge is 0.404 e. The molecule has 4 N–H and O–H groups in total. The molecule has 0 aliphatic rings. The van der Waals surface area contributed by atoms with E-state index in [1.807, 2.05) is 60.7 Å². The molecule has 0 aliphatic heterocycles. The van der Waals surface area contributed by atoms with Crippen molar-refractivity contribution >= 4 is 29.0 Å². The zero-order chi connectivity index (χ0) is 18.6. The van der Waals surface area contributed by atoms with Crippen molar-refractivity contribution in [3.05, 3.63) is 84.4 Å². The van der Waals surface area contributed by atoms with Gasteiger partial charge in [0.1, 0.15) is 0 Å². The van der Waals surface area contributed by atoms with Crippen molar-refractivity contribution in [1.29, 1.82) is 0 Å². The predicted octanol–water partition coefficient (Wildman–Crippen LogP) is 1.95. The van der Waals surface area contributed by atoms with Crippen LogP contribution in [-0.2, 0) is 0 Å². The first-order valence-corrected chi connectivity index (χ1v) is 8.41. The normalized spacial score (nSPS) is 11.5. The highest BCUT2D eigenvalue weighted by Gasteiger charge is 2.13. The van der Waals surface area contributed by atoms with Crippen LogP contribution in [0.1, 0.15) is 10.4 Å². The molecule has 6 nitrogen and oxygen atoms in total. The molecule has 0 saturated heterocycles. The maximum absolute atomic E-state index is 12.4. The van der Waals surface area contributed by atoms with E-state index in [4.69, 9.17) is 10.2 Å². The Morgan fingerprint density at radius 3 is 2.30 bits per heavy atom. The fourth-order valence-corrected chi connectivity index (χ4v) is 2.71. The van der Waals surface area contributed by atoms with E-state index in [0.29, 0.717) is 16.7 Å². The van der Waals surface area contributed by atoms with Crippen molar-refractivity contribution in [3.63, 3.8) is 0 Å². The average molecular weight is 357 g/mol. The van der Waals surface area contributed by atoms with E-state index in [9.17, 15) is 4.79 Å². The van der Waals surface area contributed by atoms with Crippen LogP contribution < -0.4 is 16.0 Å². The number of benzene rings is 3. The highest BCUT2D eigenvalue weighted by atomic mass is 16.4. The Morgan fingerprint density at radius 2 is 1.56 bits per heavy atom. The summed E-state index contributed by atoms with van der Waals surface area (Å²) in [5.41, 5.74) is 9.82. The maximum Gasteiger partial charge on any atom is 0.406 e. The number of hydrogen-bond donors (Lipinski definition) is 3. The van der Waals surface area contributed by atoms with Gasteiger partial charge in [-0.25, -0.2) is 10.3 Å². The largest absolute Gasteiger partial charge is 0.406 e. The standard InChI is InChI=1S/C21H16N4O2/c22-20(25-21-23-17-8-4-5-9-18(17)27-21)24-19(26)16-12-10-15(11-13-16)14-6-2-1-3-7-14/h1-13H,(H3,22,23,24,25,26)/p+1. The van der Waals surface area contributed by atoms with E-state index in [-0.39, 0.29) is 17.9 Å². The Morgan fingerprint density at radius 1 is 0.889 bits per heavy atom. The minimum absolute atomic E-state index is 0.0405. The highest BCUT2D eigenvalue weighted by molar-refractivity contribution is 6.04. The van der Waals surface area contributed by atoms with E-state index < -0.39 is 0 Å². The fraction of sp³-hybridized carbons (Fsp3) is 0. The number of nitrogens with one attached hydrogen (secondary N) is 2. The molecule has 4 aromatic rings. The SMILES string of the molecule is NC(NC(=O)c1ccc(-c2ccccc2)cc1)=[NH+]c1nc2ccccc2o1. The van der Waals surface area contributed by atoms with Gasteiger partial charge in [0.05, 0.1) is 5.56 Å². The van der Waals surface area contributed by atoms with Crippen molar-refractivity contribution in [1.82, 2.24) is 10.3 Å². The number of para-hydroxylation sites is 2. The molecule has 0 fully saturated rings. The van der Waals surface area contributed by atoms with Gasteiger partial charge in [0.15, 0.2) is 11.1 Å². The summed E-state index contributed by atoms with van der Waals surface area (Å²) in [6.45, 7) is 0. The van der Waals surface area contributed by atoms with Gasteiger partial charge in [0.25, 0.3) is 5.91 Å². The summed E-state index contributed by atoms with van der Waals surface area (Å²) in [6, 6.07) is 24.8. The Balaban J connectivity index is 1.48. The van der Waals surface area contributed by atoms with Crippen LogP contribution in [0.4, 0.5) is 6.01 Å². The number of guanidine groups is 1. The second-order valence-corrected chi connectivity index (χ2v) is 5.92. The van der Waals surface area contributed by atoms with Gasteiger partial charge in [-0.3, -0.25) is 4.79 Å². The third kappa shape index (κ3) is 3.69. The first kappa shape index (κ1) is 16.5. The lowest BCUT2D eigenvalue weighted by Crippen LogP contribution is -2.74. The molecule has 1 aromatic heterocycles. The van der Waals surface area contributed by atoms with Gasteiger partial charge in [-0.1, -0.05) is 59.6 Å². The molecule has 0 radical (unpaired) electrons. The molecule has 6 heteroatoms. The first-order valence-electron chi connectivity index (χ1n) is 8.41. The van der Waals surface area contributed by atoms with Gasteiger partial charge in [-0.2, -0.15) is 0 Å². The number of rotatable bonds is 3. The number of oxazole rings is 1. The molecule has 1 heterocycles. The van der Waals surface area contributed by atoms with E-state index in [0.717, 1.165) is 11.1 Å². The van der Waals surface area contributed by atoms with Gasteiger partial charge in [-0.15, -0.1) is 0 Å². The monoisotopic (exact) mass is 357 g/mol. The van der Waals surface area contributed by atoms with Gasteiger partial charge >= 0.3 is 12.0 Å². The third-order valence-corrected chi connectivity index (χ3v) is 4.04. The van der Waals surface area contributed by atoms with Crippen LogP contribution in [0.5, 0.6) is 0 Å². The first-order chi connectivity index (χ1) is 13.2. The minimum atomic E-state index is -0.323. The molecule has 0 aliphatic carbocycles. The summed E-state index contributed by atoms with van der Waals surface area (Å²) in [6.07, 6.45) is 0. The average Bonchev–Trinajstić information content (AvgIpc) is 3.10. The summed E-state index contributed by atoms with van der Waals surface area (Å²) in [4.78, 5) is 19.4. The molecule has 0 atom stereocenters. The molecular formula is C21H17N4O2+. The van der Waals surface area contributed by atoms with E-state index >= 15 is 0 Å². The highest BCUT2D eigenvalue weighted by Crippen LogP contribution is 2.19. The number of hydrogen-bond acceptors (Lipinski definition) is 3. The van der Waals surface area contributed by atoms with Crippen LogP contribution in [0.15, 0.2) is 83.3 Å². The molecule has 1 amide bonds.